The van der Waals surface area contributed by atoms with Crippen LogP contribution in [0.4, 0.5) is 5.69 Å². The molecule has 4 rings (SSSR count). The van der Waals surface area contributed by atoms with E-state index >= 15 is 0 Å². The molecule has 1 aromatic heterocycles. The molecule has 3 aromatic carbocycles. The van der Waals surface area contributed by atoms with E-state index in [2.05, 4.69) is 22.2 Å². The Morgan fingerprint density at radius 1 is 0.865 bits per heavy atom. The molecule has 0 fully saturated rings. The lowest BCUT2D eigenvalue weighted by atomic mass is 9.98. The second-order valence-electron chi connectivity index (χ2n) is 8.87. The predicted octanol–water partition coefficient (Wildman–Crippen LogP) is 6.74. The maximum Gasteiger partial charge on any atom is 0.227 e. The number of nitrogens with zero attached hydrogens (tertiary/aromatic N) is 3. The zero-order chi connectivity index (χ0) is 26.2. The molecule has 0 aliphatic heterocycles. The molecule has 1 unspecified atom stereocenters. The number of phenolic OH excluding ortho intramolecular Hbond substituents is 1. The van der Waals surface area contributed by atoms with Gasteiger partial charge in [-0.2, -0.15) is 0 Å². The van der Waals surface area contributed by atoms with E-state index in [-0.39, 0.29) is 17.6 Å². The summed E-state index contributed by atoms with van der Waals surface area (Å²) in [5.74, 6) is 2.19. The molecule has 0 spiro atoms. The fourth-order valence-corrected chi connectivity index (χ4v) is 4.08. The van der Waals surface area contributed by atoms with Gasteiger partial charge >= 0.3 is 0 Å². The van der Waals surface area contributed by atoms with Crippen LogP contribution in [0.25, 0.3) is 34.2 Å². The Hall–Kier alpha value is -4.26. The van der Waals surface area contributed by atoms with Crippen LogP contribution in [0.5, 0.6) is 11.5 Å². The van der Waals surface area contributed by atoms with Gasteiger partial charge in [-0.15, -0.1) is 0 Å². The van der Waals surface area contributed by atoms with Crippen LogP contribution in [0.2, 0.25) is 0 Å². The van der Waals surface area contributed by atoms with Gasteiger partial charge in [0.05, 0.1) is 12.7 Å². The number of para-hydroxylation sites is 1. The Morgan fingerprint density at radius 2 is 1.46 bits per heavy atom. The fraction of sp³-hybridized carbons (Fsp3) is 0.267. The maximum atomic E-state index is 12.7. The lowest BCUT2D eigenvalue weighted by Gasteiger charge is -2.15. The molecule has 1 heterocycles. The molecule has 1 atom stereocenters. The summed E-state index contributed by atoms with van der Waals surface area (Å²) in [4.78, 5) is 26.7. The van der Waals surface area contributed by atoms with Crippen molar-refractivity contribution in [2.24, 2.45) is 5.92 Å². The summed E-state index contributed by atoms with van der Waals surface area (Å²) in [6, 6.07) is 21.9. The SMILES string of the molecule is CCCCC(CC)C(=O)Nc1ccc(-c2nc(-c3ccc(OC)cc3)nc(-c3ccccc3O)n2)cc1. The van der Waals surface area contributed by atoms with Gasteiger partial charge in [-0.05, 0) is 73.5 Å². The van der Waals surface area contributed by atoms with Gasteiger partial charge in [0.15, 0.2) is 17.5 Å². The number of hydrogen-bond acceptors (Lipinski definition) is 6. The average Bonchev–Trinajstić information content (AvgIpc) is 2.94. The van der Waals surface area contributed by atoms with Crippen LogP contribution in [-0.4, -0.2) is 33.1 Å². The average molecular weight is 497 g/mol. The van der Waals surface area contributed by atoms with Crippen LogP contribution in [0.3, 0.4) is 0 Å². The number of hydrogen-bond donors (Lipinski definition) is 2. The largest absolute Gasteiger partial charge is 0.507 e. The molecule has 1 amide bonds. The summed E-state index contributed by atoms with van der Waals surface area (Å²) in [5, 5.41) is 13.5. The van der Waals surface area contributed by atoms with Crippen molar-refractivity contribution in [3.8, 4) is 45.7 Å². The van der Waals surface area contributed by atoms with Gasteiger partial charge in [-0.1, -0.05) is 38.8 Å². The fourth-order valence-electron chi connectivity index (χ4n) is 4.08. The molecule has 0 aliphatic rings. The lowest BCUT2D eigenvalue weighted by molar-refractivity contribution is -0.120. The summed E-state index contributed by atoms with van der Waals surface area (Å²) >= 11 is 0. The van der Waals surface area contributed by atoms with Crippen molar-refractivity contribution >= 4 is 11.6 Å². The Labute approximate surface area is 217 Å². The molecular formula is C30H32N4O3. The second-order valence-corrected chi connectivity index (χ2v) is 8.87. The van der Waals surface area contributed by atoms with E-state index in [1.807, 2.05) is 61.5 Å². The maximum absolute atomic E-state index is 12.7. The number of unbranched alkanes of at least 4 members (excludes halogenated alkanes) is 1. The molecule has 190 valence electrons. The molecule has 37 heavy (non-hydrogen) atoms. The number of carbonyl (C=O) groups excluding carboxylic acids is 1. The number of ether oxygens (including phenoxy) is 1. The van der Waals surface area contributed by atoms with Crippen LogP contribution in [0, 0.1) is 5.92 Å². The zero-order valence-corrected chi connectivity index (χ0v) is 21.4. The Kier molecular flexibility index (Phi) is 8.46. The third-order valence-electron chi connectivity index (χ3n) is 6.31. The summed E-state index contributed by atoms with van der Waals surface area (Å²) in [5.41, 5.74) is 2.81. The van der Waals surface area contributed by atoms with Crippen LogP contribution >= 0.6 is 0 Å². The molecule has 0 saturated heterocycles. The van der Waals surface area contributed by atoms with Crippen molar-refractivity contribution in [1.82, 2.24) is 15.0 Å². The second kappa shape index (κ2) is 12.1. The Morgan fingerprint density at radius 3 is 2.03 bits per heavy atom. The van der Waals surface area contributed by atoms with Crippen molar-refractivity contribution in [2.75, 3.05) is 12.4 Å². The van der Waals surface area contributed by atoms with Gasteiger partial charge in [0.2, 0.25) is 5.91 Å². The first-order chi connectivity index (χ1) is 18.0. The van der Waals surface area contributed by atoms with Crippen molar-refractivity contribution < 1.29 is 14.6 Å². The summed E-state index contributed by atoms with van der Waals surface area (Å²) in [7, 11) is 1.62. The minimum Gasteiger partial charge on any atom is -0.507 e. The summed E-state index contributed by atoms with van der Waals surface area (Å²) < 4.78 is 5.27. The minimum atomic E-state index is 0.0105. The van der Waals surface area contributed by atoms with Gasteiger partial charge in [0.1, 0.15) is 11.5 Å². The first kappa shape index (κ1) is 25.8. The quantitative estimate of drug-likeness (QED) is 0.252. The van der Waals surface area contributed by atoms with Gasteiger partial charge in [0, 0.05) is 22.7 Å². The molecule has 0 radical (unpaired) electrons. The molecule has 7 nitrogen and oxygen atoms in total. The molecular weight excluding hydrogens is 464 g/mol. The van der Waals surface area contributed by atoms with E-state index in [9.17, 15) is 9.90 Å². The highest BCUT2D eigenvalue weighted by Crippen LogP contribution is 2.30. The lowest BCUT2D eigenvalue weighted by Crippen LogP contribution is -2.22. The van der Waals surface area contributed by atoms with E-state index < -0.39 is 0 Å². The highest BCUT2D eigenvalue weighted by Gasteiger charge is 2.17. The summed E-state index contributed by atoms with van der Waals surface area (Å²) in [6.07, 6.45) is 3.83. The van der Waals surface area contributed by atoms with Gasteiger partial charge in [-0.3, -0.25) is 4.79 Å². The number of amides is 1. The molecule has 0 aliphatic carbocycles. The molecule has 0 saturated carbocycles. The standard InChI is InChI=1S/C30H32N4O3/c1-4-6-9-20(5-2)30(36)31-23-16-12-21(13-17-23)27-32-28(22-14-18-24(37-3)19-15-22)34-29(33-27)25-10-7-8-11-26(25)35/h7-8,10-20,35H,4-6,9H2,1-3H3,(H,31,36). The number of aromatic nitrogens is 3. The molecule has 0 bridgehead atoms. The number of phenols is 1. The normalized spacial score (nSPS) is 11.6. The first-order valence-corrected chi connectivity index (χ1v) is 12.6. The number of methoxy groups -OCH3 is 1. The molecule has 7 heteroatoms. The van der Waals surface area contributed by atoms with E-state index in [0.717, 1.165) is 48.2 Å². The van der Waals surface area contributed by atoms with Crippen molar-refractivity contribution in [3.05, 3.63) is 72.8 Å². The van der Waals surface area contributed by atoms with E-state index in [0.29, 0.717) is 23.0 Å². The minimum absolute atomic E-state index is 0.0105. The summed E-state index contributed by atoms with van der Waals surface area (Å²) in [6.45, 7) is 4.18. The van der Waals surface area contributed by atoms with Crippen molar-refractivity contribution in [2.45, 2.75) is 39.5 Å². The number of anilines is 1. The van der Waals surface area contributed by atoms with Crippen LogP contribution in [0.15, 0.2) is 72.8 Å². The van der Waals surface area contributed by atoms with Gasteiger partial charge < -0.3 is 15.2 Å². The van der Waals surface area contributed by atoms with Crippen LogP contribution in [0.1, 0.15) is 39.5 Å². The zero-order valence-electron chi connectivity index (χ0n) is 21.4. The number of nitrogens with one attached hydrogen (secondary N) is 1. The topological polar surface area (TPSA) is 97.2 Å². The van der Waals surface area contributed by atoms with E-state index in [1.165, 1.54) is 0 Å². The number of benzene rings is 3. The first-order valence-electron chi connectivity index (χ1n) is 12.6. The third-order valence-corrected chi connectivity index (χ3v) is 6.31. The van der Waals surface area contributed by atoms with E-state index in [4.69, 9.17) is 9.72 Å². The van der Waals surface area contributed by atoms with Gasteiger partial charge in [-0.25, -0.2) is 15.0 Å². The van der Waals surface area contributed by atoms with E-state index in [1.54, 1.807) is 25.3 Å². The third kappa shape index (κ3) is 6.30. The van der Waals surface area contributed by atoms with Crippen LogP contribution < -0.4 is 10.1 Å². The highest BCUT2D eigenvalue weighted by molar-refractivity contribution is 5.92. The monoisotopic (exact) mass is 496 g/mol. The highest BCUT2D eigenvalue weighted by atomic mass is 16.5. The van der Waals surface area contributed by atoms with Crippen molar-refractivity contribution in [1.29, 1.82) is 0 Å². The number of carbonyl (C=O) groups is 1. The molecule has 4 aromatic rings. The number of aromatic hydroxyl groups is 1. The Bertz CT molecular complexity index is 1340. The smallest absolute Gasteiger partial charge is 0.227 e. The number of rotatable bonds is 10. The van der Waals surface area contributed by atoms with Crippen molar-refractivity contribution in [3.63, 3.8) is 0 Å². The molecule has 2 N–H and O–H groups in total. The predicted molar refractivity (Wildman–Crippen MR) is 146 cm³/mol. The van der Waals surface area contributed by atoms with Gasteiger partial charge in [0.25, 0.3) is 0 Å². The Balaban J connectivity index is 1.67. The van der Waals surface area contributed by atoms with Crippen LogP contribution in [-0.2, 0) is 4.79 Å².